The van der Waals surface area contributed by atoms with Crippen LogP contribution in [-0.2, 0) is 10.1 Å². The van der Waals surface area contributed by atoms with Crippen LogP contribution in [0.4, 0.5) is 0 Å². The Morgan fingerprint density at radius 3 is 1.88 bits per heavy atom. The second-order valence-electron chi connectivity index (χ2n) is 1.07. The van der Waals surface area contributed by atoms with Crippen molar-refractivity contribution in [3.63, 3.8) is 0 Å². The fraction of sp³-hybridized carbons (Fsp3) is 1.00. The summed E-state index contributed by atoms with van der Waals surface area (Å²) in [6, 6.07) is 0. The van der Waals surface area contributed by atoms with E-state index in [0.29, 0.717) is 0 Å². The maximum absolute atomic E-state index is 9.71. The Morgan fingerprint density at radius 1 is 1.50 bits per heavy atom. The molecule has 0 bridgehead atoms. The van der Waals surface area contributed by atoms with E-state index in [1.807, 2.05) is 0 Å². The first-order chi connectivity index (χ1) is 3.06. The van der Waals surface area contributed by atoms with Gasteiger partial charge in [0, 0.05) is 6.54 Å². The van der Waals surface area contributed by atoms with Crippen LogP contribution in [0.1, 0.15) is 0 Å². The summed E-state index contributed by atoms with van der Waals surface area (Å²) in [6.45, 7) is -0.0289. The van der Waals surface area contributed by atoms with Gasteiger partial charge >= 0.3 is 29.6 Å². The fourth-order valence-electron chi connectivity index (χ4n) is 0.149. The van der Waals surface area contributed by atoms with Gasteiger partial charge in [0.2, 0.25) is 0 Å². The van der Waals surface area contributed by atoms with Gasteiger partial charge in [0.15, 0.2) is 0 Å². The van der Waals surface area contributed by atoms with Gasteiger partial charge < -0.3 is 5.73 Å². The molecular formula is C2H8NNaO3S. The van der Waals surface area contributed by atoms with Crippen LogP contribution in [0.3, 0.4) is 0 Å². The molecule has 0 heterocycles. The maximum atomic E-state index is 9.71. The van der Waals surface area contributed by atoms with Crippen LogP contribution >= 0.6 is 0 Å². The van der Waals surface area contributed by atoms with Crippen LogP contribution in [0.15, 0.2) is 0 Å². The third kappa shape index (κ3) is 9.98. The first-order valence-corrected chi connectivity index (χ1v) is 3.32. The van der Waals surface area contributed by atoms with E-state index in [-0.39, 0.29) is 41.9 Å². The zero-order chi connectivity index (χ0) is 5.91. The van der Waals surface area contributed by atoms with Crippen LogP contribution in [0.2, 0.25) is 0 Å². The predicted molar refractivity (Wildman–Crippen MR) is 32.6 cm³/mol. The van der Waals surface area contributed by atoms with Crippen LogP contribution in [0.25, 0.3) is 0 Å². The van der Waals surface area contributed by atoms with Crippen molar-refractivity contribution in [2.75, 3.05) is 12.3 Å². The van der Waals surface area contributed by atoms with Crippen molar-refractivity contribution in [3.05, 3.63) is 0 Å². The Labute approximate surface area is 70.5 Å². The summed E-state index contributed by atoms with van der Waals surface area (Å²) < 4.78 is 27.3. The molecule has 3 N–H and O–H groups in total. The normalized spacial score (nSPS) is 10.2. The molecule has 0 saturated carbocycles. The van der Waals surface area contributed by atoms with E-state index in [2.05, 4.69) is 0 Å². The number of nitrogens with two attached hydrogens (primary N) is 1. The van der Waals surface area contributed by atoms with Gasteiger partial charge in [-0.05, 0) is 0 Å². The van der Waals surface area contributed by atoms with Crippen molar-refractivity contribution in [1.29, 1.82) is 0 Å². The van der Waals surface area contributed by atoms with Gasteiger partial charge in [0.05, 0.1) is 5.75 Å². The molecule has 0 aromatic carbocycles. The molecule has 0 aliphatic rings. The average Bonchev–Trinajstić information content (AvgIpc) is 1.30. The van der Waals surface area contributed by atoms with E-state index >= 15 is 0 Å². The van der Waals surface area contributed by atoms with Crippen LogP contribution in [-0.4, -0.2) is 54.8 Å². The Bertz CT molecular complexity index is 130. The average molecular weight is 149 g/mol. The first-order valence-electron chi connectivity index (χ1n) is 1.71. The Hall–Kier alpha value is 0.870. The summed E-state index contributed by atoms with van der Waals surface area (Å²) in [5, 5.41) is 0. The summed E-state index contributed by atoms with van der Waals surface area (Å²) in [5.41, 5.74) is 4.78. The summed E-state index contributed by atoms with van der Waals surface area (Å²) >= 11 is 0. The molecule has 0 spiro atoms. The Kier molecular flexibility index (Phi) is 6.87. The molecule has 4 nitrogen and oxygen atoms in total. The second-order valence-corrected chi connectivity index (χ2v) is 2.65. The SMILES string of the molecule is NCCS(=O)(=O)O.[NaH]. The molecule has 0 aromatic heterocycles. The van der Waals surface area contributed by atoms with Gasteiger partial charge in [-0.1, -0.05) is 0 Å². The number of hydrogen-bond donors (Lipinski definition) is 2. The summed E-state index contributed by atoms with van der Waals surface area (Å²) in [6.07, 6.45) is 0. The summed E-state index contributed by atoms with van der Waals surface area (Å²) in [4.78, 5) is 0. The summed E-state index contributed by atoms with van der Waals surface area (Å²) in [5.74, 6) is -0.354. The van der Waals surface area contributed by atoms with E-state index in [0.717, 1.165) is 0 Å². The zero-order valence-electron chi connectivity index (χ0n) is 3.66. The number of hydrogen-bond acceptors (Lipinski definition) is 3. The molecule has 6 heteroatoms. The van der Waals surface area contributed by atoms with Gasteiger partial charge in [-0.25, -0.2) is 0 Å². The van der Waals surface area contributed by atoms with Crippen molar-refractivity contribution in [2.24, 2.45) is 5.73 Å². The van der Waals surface area contributed by atoms with E-state index in [9.17, 15) is 8.42 Å². The number of rotatable bonds is 2. The molecule has 0 radical (unpaired) electrons. The molecule has 0 aliphatic heterocycles. The van der Waals surface area contributed by atoms with Crippen LogP contribution in [0.5, 0.6) is 0 Å². The molecule has 0 aliphatic carbocycles. The molecule has 0 amide bonds. The molecule has 0 fully saturated rings. The molecule has 0 atom stereocenters. The van der Waals surface area contributed by atoms with Crippen molar-refractivity contribution < 1.29 is 13.0 Å². The van der Waals surface area contributed by atoms with E-state index in [4.69, 9.17) is 10.3 Å². The second kappa shape index (κ2) is 4.72. The third-order valence-corrected chi connectivity index (χ3v) is 1.13. The van der Waals surface area contributed by atoms with Crippen LogP contribution < -0.4 is 5.73 Å². The molecule has 0 rings (SSSR count). The summed E-state index contributed by atoms with van der Waals surface area (Å²) in [7, 11) is -3.80. The van der Waals surface area contributed by atoms with E-state index < -0.39 is 10.1 Å². The third-order valence-electron chi connectivity index (χ3n) is 0.376. The molecule has 0 saturated heterocycles. The van der Waals surface area contributed by atoms with Crippen molar-refractivity contribution in [2.45, 2.75) is 0 Å². The zero-order valence-corrected chi connectivity index (χ0v) is 4.48. The van der Waals surface area contributed by atoms with Gasteiger partial charge in [-0.15, -0.1) is 0 Å². The topological polar surface area (TPSA) is 80.4 Å². The van der Waals surface area contributed by atoms with Gasteiger partial charge in [0.1, 0.15) is 0 Å². The minimum absolute atomic E-state index is 0. The fourth-order valence-corrected chi connectivity index (χ4v) is 0.447. The van der Waals surface area contributed by atoms with Crippen molar-refractivity contribution in [1.82, 2.24) is 0 Å². The Balaban J connectivity index is 0. The predicted octanol–water partition coefficient (Wildman–Crippen LogP) is -1.82. The molecule has 0 aromatic rings. The van der Waals surface area contributed by atoms with E-state index in [1.54, 1.807) is 0 Å². The molecule has 8 heavy (non-hydrogen) atoms. The first kappa shape index (κ1) is 11.6. The van der Waals surface area contributed by atoms with Crippen molar-refractivity contribution in [3.8, 4) is 0 Å². The quantitative estimate of drug-likeness (QED) is 0.358. The molecule has 0 unspecified atom stereocenters. The molecule has 46 valence electrons. The van der Waals surface area contributed by atoms with Gasteiger partial charge in [0.25, 0.3) is 10.1 Å². The Morgan fingerprint density at radius 2 is 1.88 bits per heavy atom. The minimum atomic E-state index is -3.80. The monoisotopic (exact) mass is 149 g/mol. The van der Waals surface area contributed by atoms with Gasteiger partial charge in [-0.2, -0.15) is 8.42 Å². The van der Waals surface area contributed by atoms with Gasteiger partial charge in [-0.3, -0.25) is 4.55 Å². The van der Waals surface area contributed by atoms with Crippen molar-refractivity contribution >= 4 is 39.7 Å². The van der Waals surface area contributed by atoms with E-state index in [1.165, 1.54) is 0 Å². The van der Waals surface area contributed by atoms with Crippen LogP contribution in [0, 0.1) is 0 Å². The standard InChI is InChI=1S/C2H7NO3S.Na.H/c3-1-2-7(4,5)6;;/h1-3H2,(H,4,5,6);;. The molecular weight excluding hydrogens is 141 g/mol.